The van der Waals surface area contributed by atoms with E-state index in [1.165, 1.54) is 24.2 Å². The van der Waals surface area contributed by atoms with E-state index in [0.717, 1.165) is 5.56 Å². The minimum Gasteiger partial charge on any atom is -0.459 e. The van der Waals surface area contributed by atoms with Crippen LogP contribution in [0.1, 0.15) is 29.5 Å². The predicted molar refractivity (Wildman–Crippen MR) is 90.8 cm³/mol. The van der Waals surface area contributed by atoms with Gasteiger partial charge in [0.25, 0.3) is 5.91 Å². The van der Waals surface area contributed by atoms with E-state index >= 15 is 0 Å². The number of furan rings is 1. The van der Waals surface area contributed by atoms with Gasteiger partial charge >= 0.3 is 0 Å². The fourth-order valence-electron chi connectivity index (χ4n) is 3.02. The molecule has 0 aliphatic carbocycles. The van der Waals surface area contributed by atoms with Crippen molar-refractivity contribution in [2.45, 2.75) is 31.5 Å². The van der Waals surface area contributed by atoms with Gasteiger partial charge in [0.2, 0.25) is 5.91 Å². The number of rotatable bonds is 5. The third kappa shape index (κ3) is 4.26. The largest absolute Gasteiger partial charge is 0.459 e. The van der Waals surface area contributed by atoms with Crippen LogP contribution in [0.25, 0.3) is 0 Å². The number of hydrogen-bond acceptors (Lipinski definition) is 3. The standard InChI is InChI=1S/C19H21FN2O3/c1-19(20)9-10-22(13-19)18(24)15(12-14-6-3-2-4-7-14)21-17(23)16-8-5-11-25-16/h2-8,11,15H,9-10,12-13H2,1H3,(H,21,23)/t15-,19+/m1/s1. The van der Waals surface area contributed by atoms with Gasteiger partial charge in [0.05, 0.1) is 12.8 Å². The molecule has 5 nitrogen and oxygen atoms in total. The summed E-state index contributed by atoms with van der Waals surface area (Å²) in [5.41, 5.74) is -0.458. The second-order valence-corrected chi connectivity index (χ2v) is 6.62. The summed E-state index contributed by atoms with van der Waals surface area (Å²) < 4.78 is 19.2. The molecule has 1 aromatic heterocycles. The van der Waals surface area contributed by atoms with Crippen molar-refractivity contribution in [3.05, 3.63) is 60.1 Å². The minimum absolute atomic E-state index is 0.0494. The third-order valence-corrected chi connectivity index (χ3v) is 4.37. The molecule has 0 spiro atoms. The van der Waals surface area contributed by atoms with Crippen LogP contribution in [0, 0.1) is 0 Å². The number of benzene rings is 1. The SMILES string of the molecule is C[C@]1(F)CCN(C(=O)[C@@H](Cc2ccccc2)NC(=O)c2ccco2)C1. The maximum absolute atomic E-state index is 14.1. The fraction of sp³-hybridized carbons (Fsp3) is 0.368. The van der Waals surface area contributed by atoms with Crippen LogP contribution in [0.3, 0.4) is 0 Å². The number of alkyl halides is 1. The zero-order valence-electron chi connectivity index (χ0n) is 14.1. The third-order valence-electron chi connectivity index (χ3n) is 4.37. The summed E-state index contributed by atoms with van der Waals surface area (Å²) in [7, 11) is 0. The number of nitrogens with one attached hydrogen (secondary N) is 1. The molecule has 1 aliphatic rings. The van der Waals surface area contributed by atoms with Crippen LogP contribution in [0.15, 0.2) is 53.1 Å². The molecule has 25 heavy (non-hydrogen) atoms. The second-order valence-electron chi connectivity index (χ2n) is 6.62. The Morgan fingerprint density at radius 3 is 2.64 bits per heavy atom. The average Bonchev–Trinajstić information content (AvgIpc) is 3.24. The Hall–Kier alpha value is -2.63. The van der Waals surface area contributed by atoms with Crippen LogP contribution in [0.5, 0.6) is 0 Å². The molecule has 1 aromatic carbocycles. The predicted octanol–water partition coefficient (Wildman–Crippen LogP) is 2.58. The van der Waals surface area contributed by atoms with E-state index in [1.54, 1.807) is 6.07 Å². The van der Waals surface area contributed by atoms with E-state index in [1.807, 2.05) is 30.3 Å². The van der Waals surface area contributed by atoms with Crippen LogP contribution in [-0.2, 0) is 11.2 Å². The molecular weight excluding hydrogens is 323 g/mol. The molecule has 2 aromatic rings. The lowest BCUT2D eigenvalue weighted by Crippen LogP contribution is -2.49. The quantitative estimate of drug-likeness (QED) is 0.907. The molecule has 0 bridgehead atoms. The first-order valence-corrected chi connectivity index (χ1v) is 8.31. The summed E-state index contributed by atoms with van der Waals surface area (Å²) in [6.45, 7) is 1.90. The van der Waals surface area contributed by atoms with Crippen molar-refractivity contribution < 1.29 is 18.4 Å². The molecule has 1 saturated heterocycles. The molecule has 132 valence electrons. The molecule has 1 fully saturated rings. The molecule has 2 heterocycles. The van der Waals surface area contributed by atoms with Gasteiger partial charge in [0.15, 0.2) is 5.76 Å². The molecule has 1 aliphatic heterocycles. The first kappa shape index (κ1) is 17.2. The van der Waals surface area contributed by atoms with Gasteiger partial charge in [-0.15, -0.1) is 0 Å². The molecule has 3 rings (SSSR count). The highest BCUT2D eigenvalue weighted by atomic mass is 19.1. The number of nitrogens with zero attached hydrogens (tertiary/aromatic N) is 1. The zero-order chi connectivity index (χ0) is 17.9. The highest BCUT2D eigenvalue weighted by Crippen LogP contribution is 2.25. The van der Waals surface area contributed by atoms with Gasteiger partial charge in [0.1, 0.15) is 11.7 Å². The lowest BCUT2D eigenvalue weighted by Gasteiger charge is -2.24. The van der Waals surface area contributed by atoms with Gasteiger partial charge in [-0.2, -0.15) is 0 Å². The van der Waals surface area contributed by atoms with Crippen molar-refractivity contribution in [1.82, 2.24) is 10.2 Å². The number of likely N-dealkylation sites (tertiary alicyclic amines) is 1. The van der Waals surface area contributed by atoms with Crippen LogP contribution < -0.4 is 5.32 Å². The molecule has 2 amide bonds. The highest BCUT2D eigenvalue weighted by Gasteiger charge is 2.38. The number of carbonyl (C=O) groups excluding carboxylic acids is 2. The van der Waals surface area contributed by atoms with E-state index in [9.17, 15) is 14.0 Å². The average molecular weight is 344 g/mol. The minimum atomic E-state index is -1.38. The van der Waals surface area contributed by atoms with Crippen LogP contribution in [0.4, 0.5) is 4.39 Å². The first-order chi connectivity index (χ1) is 11.9. The van der Waals surface area contributed by atoms with E-state index in [0.29, 0.717) is 19.4 Å². The lowest BCUT2D eigenvalue weighted by molar-refractivity contribution is -0.132. The van der Waals surface area contributed by atoms with Gasteiger partial charge in [-0.1, -0.05) is 30.3 Å². The number of halogens is 1. The van der Waals surface area contributed by atoms with Gasteiger partial charge < -0.3 is 14.6 Å². The Morgan fingerprint density at radius 2 is 2.04 bits per heavy atom. The van der Waals surface area contributed by atoms with E-state index in [4.69, 9.17) is 4.42 Å². The topological polar surface area (TPSA) is 62.6 Å². The monoisotopic (exact) mass is 344 g/mol. The van der Waals surface area contributed by atoms with E-state index in [2.05, 4.69) is 5.32 Å². The molecule has 6 heteroatoms. The summed E-state index contributed by atoms with van der Waals surface area (Å²) in [4.78, 5) is 26.6. The van der Waals surface area contributed by atoms with Crippen molar-refractivity contribution in [3.8, 4) is 0 Å². The summed E-state index contributed by atoms with van der Waals surface area (Å²) >= 11 is 0. The van der Waals surface area contributed by atoms with Crippen LogP contribution in [-0.4, -0.2) is 41.5 Å². The van der Waals surface area contributed by atoms with E-state index < -0.39 is 17.6 Å². The Balaban J connectivity index is 1.76. The molecule has 1 N–H and O–H groups in total. The van der Waals surface area contributed by atoms with Crippen LogP contribution >= 0.6 is 0 Å². The Kier molecular flexibility index (Phi) is 4.88. The zero-order valence-corrected chi connectivity index (χ0v) is 14.1. The Labute approximate surface area is 145 Å². The first-order valence-electron chi connectivity index (χ1n) is 8.31. The van der Waals surface area contributed by atoms with Crippen molar-refractivity contribution in [1.29, 1.82) is 0 Å². The number of carbonyl (C=O) groups is 2. The maximum Gasteiger partial charge on any atom is 0.287 e. The summed E-state index contributed by atoms with van der Waals surface area (Å²) in [5, 5.41) is 2.73. The Morgan fingerprint density at radius 1 is 1.28 bits per heavy atom. The Bertz CT molecular complexity index is 728. The summed E-state index contributed by atoms with van der Waals surface area (Å²) in [5.74, 6) is -0.589. The van der Waals surface area contributed by atoms with Crippen LogP contribution in [0.2, 0.25) is 0 Å². The summed E-state index contributed by atoms with van der Waals surface area (Å²) in [6, 6.07) is 11.8. The molecule has 2 atom stereocenters. The van der Waals surface area contributed by atoms with Gasteiger partial charge in [-0.25, -0.2) is 4.39 Å². The van der Waals surface area contributed by atoms with Gasteiger partial charge in [-0.3, -0.25) is 9.59 Å². The molecule has 0 saturated carbocycles. The lowest BCUT2D eigenvalue weighted by atomic mass is 10.0. The normalized spacial score (nSPS) is 21.1. The number of amides is 2. The van der Waals surface area contributed by atoms with Gasteiger partial charge in [-0.05, 0) is 24.6 Å². The van der Waals surface area contributed by atoms with Crippen molar-refractivity contribution in [2.24, 2.45) is 0 Å². The van der Waals surface area contributed by atoms with Crippen molar-refractivity contribution >= 4 is 11.8 Å². The maximum atomic E-state index is 14.1. The molecule has 0 unspecified atom stereocenters. The fourth-order valence-corrected chi connectivity index (χ4v) is 3.02. The van der Waals surface area contributed by atoms with E-state index in [-0.39, 0.29) is 18.2 Å². The second kappa shape index (κ2) is 7.09. The van der Waals surface area contributed by atoms with Gasteiger partial charge in [0, 0.05) is 19.4 Å². The molecule has 0 radical (unpaired) electrons. The number of hydrogen-bond donors (Lipinski definition) is 1. The smallest absolute Gasteiger partial charge is 0.287 e. The highest BCUT2D eigenvalue weighted by molar-refractivity contribution is 5.95. The summed E-state index contributed by atoms with van der Waals surface area (Å²) in [6.07, 6.45) is 2.05. The van der Waals surface area contributed by atoms with Crippen molar-refractivity contribution in [2.75, 3.05) is 13.1 Å². The van der Waals surface area contributed by atoms with Crippen molar-refractivity contribution in [3.63, 3.8) is 0 Å². The molecular formula is C19H21FN2O3.